The second-order valence-electron chi connectivity index (χ2n) is 4.50. The van der Waals surface area contributed by atoms with Crippen LogP contribution in [0.3, 0.4) is 0 Å². The van der Waals surface area contributed by atoms with Gasteiger partial charge in [-0.15, -0.1) is 0 Å². The van der Waals surface area contributed by atoms with E-state index in [9.17, 15) is 9.18 Å². The summed E-state index contributed by atoms with van der Waals surface area (Å²) >= 11 is 5.78. The van der Waals surface area contributed by atoms with Crippen molar-refractivity contribution in [1.29, 1.82) is 0 Å². The molecule has 0 saturated heterocycles. The molecular weight excluding hydrogens is 279 g/mol. The molecule has 0 amide bonds. The zero-order chi connectivity index (χ0) is 14.7. The zero-order valence-electron chi connectivity index (χ0n) is 11.5. The molecule has 20 heavy (non-hydrogen) atoms. The molecule has 1 aromatic carbocycles. The van der Waals surface area contributed by atoms with Gasteiger partial charge in [-0.3, -0.25) is 9.48 Å². The molecule has 0 bridgehead atoms. The first-order valence-electron chi connectivity index (χ1n) is 6.58. The van der Waals surface area contributed by atoms with Gasteiger partial charge >= 0.3 is 0 Å². The summed E-state index contributed by atoms with van der Waals surface area (Å²) in [5.41, 5.74) is 2.67. The van der Waals surface area contributed by atoms with Crippen molar-refractivity contribution in [2.24, 2.45) is 0 Å². The van der Waals surface area contributed by atoms with Crippen molar-refractivity contribution in [3.8, 4) is 0 Å². The lowest BCUT2D eigenvalue weighted by molar-refractivity contribution is 0.112. The van der Waals surface area contributed by atoms with E-state index in [1.807, 2.05) is 13.8 Å². The van der Waals surface area contributed by atoms with Gasteiger partial charge in [0.25, 0.3) is 0 Å². The number of nitrogens with zero attached hydrogens (tertiary/aromatic N) is 2. The van der Waals surface area contributed by atoms with E-state index in [1.54, 1.807) is 16.8 Å². The van der Waals surface area contributed by atoms with Crippen LogP contribution >= 0.6 is 11.6 Å². The van der Waals surface area contributed by atoms with Crippen molar-refractivity contribution in [2.75, 3.05) is 0 Å². The molecule has 0 spiro atoms. The Labute approximate surface area is 122 Å². The molecule has 3 nitrogen and oxygen atoms in total. The molecule has 1 heterocycles. The summed E-state index contributed by atoms with van der Waals surface area (Å²) in [7, 11) is 0. The molecule has 0 radical (unpaired) electrons. The summed E-state index contributed by atoms with van der Waals surface area (Å²) in [6.45, 7) is 4.17. The molecule has 1 aromatic heterocycles. The van der Waals surface area contributed by atoms with Crippen LogP contribution in [0, 0.1) is 5.82 Å². The predicted octanol–water partition coefficient (Wildman–Crippen LogP) is 3.66. The van der Waals surface area contributed by atoms with E-state index in [0.717, 1.165) is 17.7 Å². The van der Waals surface area contributed by atoms with E-state index < -0.39 is 5.82 Å². The highest BCUT2D eigenvalue weighted by molar-refractivity contribution is 6.30. The maximum Gasteiger partial charge on any atom is 0.153 e. The smallest absolute Gasteiger partial charge is 0.153 e. The maximum atomic E-state index is 14.0. The van der Waals surface area contributed by atoms with Crippen LogP contribution in [0.4, 0.5) is 4.39 Å². The molecule has 2 aromatic rings. The highest BCUT2D eigenvalue weighted by Gasteiger charge is 2.16. The Morgan fingerprint density at radius 1 is 1.35 bits per heavy atom. The fourth-order valence-electron chi connectivity index (χ4n) is 2.30. The summed E-state index contributed by atoms with van der Waals surface area (Å²) in [6, 6.07) is 4.89. The molecule has 0 unspecified atom stereocenters. The lowest BCUT2D eigenvalue weighted by atomic mass is 10.1. The van der Waals surface area contributed by atoms with Gasteiger partial charge in [0.2, 0.25) is 0 Å². The highest BCUT2D eigenvalue weighted by Crippen LogP contribution is 2.21. The van der Waals surface area contributed by atoms with Crippen LogP contribution in [0.2, 0.25) is 5.02 Å². The number of halogens is 2. The molecular formula is C15H16ClFN2O. The number of benzene rings is 1. The molecule has 2 rings (SSSR count). The normalized spacial score (nSPS) is 10.8. The van der Waals surface area contributed by atoms with Crippen molar-refractivity contribution in [2.45, 2.75) is 33.2 Å². The molecule has 106 valence electrons. The number of carbonyl (C=O) groups is 1. The van der Waals surface area contributed by atoms with E-state index >= 15 is 0 Å². The van der Waals surface area contributed by atoms with Gasteiger partial charge < -0.3 is 0 Å². The van der Waals surface area contributed by atoms with Crippen molar-refractivity contribution in [3.05, 3.63) is 51.6 Å². The minimum Gasteiger partial charge on any atom is -0.298 e. The largest absolute Gasteiger partial charge is 0.298 e. The highest BCUT2D eigenvalue weighted by atomic mass is 35.5. The van der Waals surface area contributed by atoms with Gasteiger partial charge in [0, 0.05) is 11.3 Å². The van der Waals surface area contributed by atoms with Crippen molar-refractivity contribution < 1.29 is 9.18 Å². The monoisotopic (exact) mass is 294 g/mol. The molecule has 0 aliphatic carbocycles. The van der Waals surface area contributed by atoms with Crippen LogP contribution in [0.25, 0.3) is 0 Å². The van der Waals surface area contributed by atoms with Gasteiger partial charge in [0.05, 0.1) is 22.8 Å². The summed E-state index contributed by atoms with van der Waals surface area (Å²) in [5.74, 6) is -0.433. The number of aldehydes is 1. The summed E-state index contributed by atoms with van der Waals surface area (Å²) in [5, 5.41) is 4.51. The Balaban J connectivity index is 2.45. The third-order valence-electron chi connectivity index (χ3n) is 3.31. The first-order valence-corrected chi connectivity index (χ1v) is 6.96. The fraction of sp³-hybridized carbons (Fsp3) is 0.333. The quantitative estimate of drug-likeness (QED) is 0.789. The van der Waals surface area contributed by atoms with Crippen molar-refractivity contribution in [3.63, 3.8) is 0 Å². The second-order valence-corrected chi connectivity index (χ2v) is 4.91. The maximum absolute atomic E-state index is 14.0. The lowest BCUT2D eigenvalue weighted by Crippen LogP contribution is -2.08. The second kappa shape index (κ2) is 6.18. The predicted molar refractivity (Wildman–Crippen MR) is 76.9 cm³/mol. The van der Waals surface area contributed by atoms with Crippen LogP contribution in [-0.2, 0) is 19.4 Å². The minimum absolute atomic E-state index is 0.0963. The first-order chi connectivity index (χ1) is 9.62. The average molecular weight is 295 g/mol. The van der Waals surface area contributed by atoms with E-state index in [4.69, 9.17) is 11.6 Å². The number of aromatic nitrogens is 2. The van der Waals surface area contributed by atoms with E-state index in [-0.39, 0.29) is 11.6 Å². The van der Waals surface area contributed by atoms with E-state index in [0.29, 0.717) is 24.0 Å². The van der Waals surface area contributed by atoms with Crippen molar-refractivity contribution >= 4 is 17.9 Å². The first kappa shape index (κ1) is 14.7. The Hall–Kier alpha value is -1.68. The summed E-state index contributed by atoms with van der Waals surface area (Å²) in [4.78, 5) is 11.2. The molecule has 0 saturated carbocycles. The number of hydrogen-bond donors (Lipinski definition) is 0. The van der Waals surface area contributed by atoms with Crippen LogP contribution < -0.4 is 0 Å². The van der Waals surface area contributed by atoms with Crippen LogP contribution in [-0.4, -0.2) is 16.1 Å². The third kappa shape index (κ3) is 2.61. The van der Waals surface area contributed by atoms with Gasteiger partial charge in [0.1, 0.15) is 5.82 Å². The van der Waals surface area contributed by atoms with Gasteiger partial charge in [0.15, 0.2) is 6.29 Å². The number of hydrogen-bond acceptors (Lipinski definition) is 2. The van der Waals surface area contributed by atoms with Crippen molar-refractivity contribution in [1.82, 2.24) is 9.78 Å². The molecule has 0 atom stereocenters. The van der Waals surface area contributed by atoms with Gasteiger partial charge in [-0.05, 0) is 18.9 Å². The average Bonchev–Trinajstić information content (AvgIpc) is 2.80. The minimum atomic E-state index is -0.433. The molecule has 5 heteroatoms. The van der Waals surface area contributed by atoms with Gasteiger partial charge in [-0.2, -0.15) is 5.10 Å². The Morgan fingerprint density at radius 3 is 2.70 bits per heavy atom. The lowest BCUT2D eigenvalue weighted by Gasteiger charge is -2.08. The van der Waals surface area contributed by atoms with E-state index in [1.165, 1.54) is 6.07 Å². The summed E-state index contributed by atoms with van der Waals surface area (Å²) < 4.78 is 15.6. The fourth-order valence-corrected chi connectivity index (χ4v) is 2.49. The number of rotatable bonds is 5. The van der Waals surface area contributed by atoms with E-state index in [2.05, 4.69) is 5.10 Å². The number of aryl methyl sites for hydroxylation is 1. The Morgan fingerprint density at radius 2 is 2.10 bits per heavy atom. The SMILES string of the molecule is CCc1nn(Cc2cccc(Cl)c2F)c(CC)c1C=O. The standard InChI is InChI=1S/C15H16ClFN2O/c1-3-13-11(9-20)14(4-2)19(18-13)8-10-6-5-7-12(16)15(10)17/h5-7,9H,3-4,8H2,1-2H3. The van der Waals surface area contributed by atoms with Crippen LogP contribution in [0.1, 0.15) is 41.2 Å². The Bertz CT molecular complexity index is 637. The van der Waals surface area contributed by atoms with Crippen LogP contribution in [0.5, 0.6) is 0 Å². The van der Waals surface area contributed by atoms with Gasteiger partial charge in [-0.1, -0.05) is 37.6 Å². The van der Waals surface area contributed by atoms with Gasteiger partial charge in [-0.25, -0.2) is 4.39 Å². The topological polar surface area (TPSA) is 34.9 Å². The zero-order valence-corrected chi connectivity index (χ0v) is 12.2. The number of carbonyl (C=O) groups excluding carboxylic acids is 1. The third-order valence-corrected chi connectivity index (χ3v) is 3.61. The molecule has 0 fully saturated rings. The molecule has 0 N–H and O–H groups in total. The Kier molecular flexibility index (Phi) is 4.55. The van der Waals surface area contributed by atoms with Crippen LogP contribution in [0.15, 0.2) is 18.2 Å². The molecule has 0 aliphatic rings. The summed E-state index contributed by atoms with van der Waals surface area (Å²) in [6.07, 6.45) is 2.17. The molecule has 0 aliphatic heterocycles.